The molecule has 8 heteroatoms. The summed E-state index contributed by atoms with van der Waals surface area (Å²) >= 11 is 1.54. The molecule has 3 N–H and O–H groups in total. The van der Waals surface area contributed by atoms with Crippen LogP contribution in [0, 0.1) is 0 Å². The Labute approximate surface area is 167 Å². The fourth-order valence-corrected chi connectivity index (χ4v) is 5.00. The van der Waals surface area contributed by atoms with Crippen molar-refractivity contribution in [3.05, 3.63) is 34.6 Å². The molecule has 4 heterocycles. The van der Waals surface area contributed by atoms with Crippen LogP contribution in [0.1, 0.15) is 25.7 Å². The third-order valence-electron chi connectivity index (χ3n) is 5.46. The quantitative estimate of drug-likeness (QED) is 0.629. The van der Waals surface area contributed by atoms with Gasteiger partial charge in [0.15, 0.2) is 0 Å². The molecule has 1 unspecified atom stereocenters. The number of hydrogen-bond donors (Lipinski definition) is 3. The zero-order valence-electron chi connectivity index (χ0n) is 15.7. The first-order valence-electron chi connectivity index (χ1n) is 10.0. The number of nitrogens with one attached hydrogen (secondary N) is 3. The third-order valence-corrected chi connectivity index (χ3v) is 6.51. The van der Waals surface area contributed by atoms with E-state index < -0.39 is 0 Å². The predicted molar refractivity (Wildman–Crippen MR) is 114 cm³/mol. The molecule has 3 aromatic rings. The highest BCUT2D eigenvalue weighted by atomic mass is 32.1. The van der Waals surface area contributed by atoms with Gasteiger partial charge in [-0.25, -0.2) is 4.98 Å². The highest BCUT2D eigenvalue weighted by Crippen LogP contribution is 2.32. The van der Waals surface area contributed by atoms with Gasteiger partial charge in [0.1, 0.15) is 16.4 Å². The van der Waals surface area contributed by atoms with Gasteiger partial charge in [-0.3, -0.25) is 9.78 Å². The SMILES string of the molecule is O=c1[nH]c(N2CCCC2)nc(NC2CCCNC2)c1-c1nc2ccccc2s1. The molecule has 2 saturated heterocycles. The predicted octanol–water partition coefficient (Wildman–Crippen LogP) is 2.81. The molecule has 2 aliphatic heterocycles. The lowest BCUT2D eigenvalue weighted by Gasteiger charge is -2.26. The minimum Gasteiger partial charge on any atom is -0.365 e. The van der Waals surface area contributed by atoms with Crippen LogP contribution in [0.3, 0.4) is 0 Å². The summed E-state index contributed by atoms with van der Waals surface area (Å²) in [5.74, 6) is 1.32. The van der Waals surface area contributed by atoms with E-state index >= 15 is 0 Å². The zero-order chi connectivity index (χ0) is 18.9. The second-order valence-electron chi connectivity index (χ2n) is 7.48. The van der Waals surface area contributed by atoms with E-state index in [1.807, 2.05) is 24.3 Å². The van der Waals surface area contributed by atoms with Gasteiger partial charge in [-0.05, 0) is 44.4 Å². The maximum atomic E-state index is 13.1. The van der Waals surface area contributed by atoms with Crippen molar-refractivity contribution in [3.8, 4) is 10.6 Å². The molecule has 1 aromatic carbocycles. The molecule has 2 aromatic heterocycles. The van der Waals surface area contributed by atoms with Crippen LogP contribution in [0.25, 0.3) is 20.8 Å². The van der Waals surface area contributed by atoms with E-state index in [9.17, 15) is 4.79 Å². The van der Waals surface area contributed by atoms with Gasteiger partial charge in [-0.2, -0.15) is 4.98 Å². The number of H-pyrrole nitrogens is 1. The van der Waals surface area contributed by atoms with Crippen LogP contribution >= 0.6 is 11.3 Å². The lowest BCUT2D eigenvalue weighted by atomic mass is 10.1. The second-order valence-corrected chi connectivity index (χ2v) is 8.51. The average molecular weight is 397 g/mol. The number of hydrogen-bond acceptors (Lipinski definition) is 7. The summed E-state index contributed by atoms with van der Waals surface area (Å²) in [5, 5.41) is 7.68. The van der Waals surface area contributed by atoms with Crippen LogP contribution in [0.15, 0.2) is 29.1 Å². The number of rotatable bonds is 4. The number of piperidine rings is 1. The van der Waals surface area contributed by atoms with Crippen molar-refractivity contribution in [1.29, 1.82) is 0 Å². The Kier molecular flexibility index (Phi) is 4.74. The summed E-state index contributed by atoms with van der Waals surface area (Å²) in [7, 11) is 0. The van der Waals surface area contributed by atoms with Crippen molar-refractivity contribution in [2.24, 2.45) is 0 Å². The topological polar surface area (TPSA) is 85.9 Å². The van der Waals surface area contributed by atoms with Crippen LogP contribution in [-0.4, -0.2) is 47.2 Å². The summed E-state index contributed by atoms with van der Waals surface area (Å²) in [5.41, 5.74) is 1.34. The van der Waals surface area contributed by atoms with Gasteiger partial charge in [0.2, 0.25) is 5.95 Å². The monoisotopic (exact) mass is 396 g/mol. The van der Waals surface area contributed by atoms with Crippen LogP contribution in [0.4, 0.5) is 11.8 Å². The van der Waals surface area contributed by atoms with E-state index in [4.69, 9.17) is 9.97 Å². The van der Waals surface area contributed by atoms with E-state index in [2.05, 4.69) is 20.5 Å². The standard InChI is InChI=1S/C20H24N6OS/c27-18-16(19-23-14-7-1-2-8-15(14)28-19)17(22-13-6-5-9-21-12-13)24-20(25-18)26-10-3-4-11-26/h1-2,7-8,13,21H,3-6,9-12H2,(H2,22,24,25,27). The van der Waals surface area contributed by atoms with Gasteiger partial charge in [-0.1, -0.05) is 12.1 Å². The minimum atomic E-state index is -0.123. The maximum Gasteiger partial charge on any atom is 0.264 e. The van der Waals surface area contributed by atoms with Crippen molar-refractivity contribution >= 4 is 33.3 Å². The van der Waals surface area contributed by atoms with Gasteiger partial charge in [0, 0.05) is 25.7 Å². The average Bonchev–Trinajstić information content (AvgIpc) is 3.38. The third kappa shape index (κ3) is 3.38. The molecule has 0 radical (unpaired) electrons. The van der Waals surface area contributed by atoms with Crippen LogP contribution in [0.2, 0.25) is 0 Å². The molecule has 1 atom stereocenters. The van der Waals surface area contributed by atoms with Crippen molar-refractivity contribution in [3.63, 3.8) is 0 Å². The molecule has 0 spiro atoms. The Morgan fingerprint density at radius 2 is 2.00 bits per heavy atom. The minimum absolute atomic E-state index is 0.123. The number of para-hydroxylation sites is 1. The van der Waals surface area contributed by atoms with E-state index in [1.54, 1.807) is 0 Å². The molecule has 7 nitrogen and oxygen atoms in total. The number of anilines is 2. The molecular weight excluding hydrogens is 372 g/mol. The van der Waals surface area contributed by atoms with Crippen molar-refractivity contribution in [2.75, 3.05) is 36.4 Å². The Morgan fingerprint density at radius 1 is 1.14 bits per heavy atom. The molecule has 0 bridgehead atoms. The van der Waals surface area contributed by atoms with Crippen molar-refractivity contribution in [2.45, 2.75) is 31.7 Å². The molecule has 28 heavy (non-hydrogen) atoms. The van der Waals surface area contributed by atoms with Gasteiger partial charge in [0.25, 0.3) is 5.56 Å². The first-order chi connectivity index (χ1) is 13.8. The molecule has 0 saturated carbocycles. The molecule has 146 valence electrons. The van der Waals surface area contributed by atoms with Crippen molar-refractivity contribution < 1.29 is 0 Å². The Balaban J connectivity index is 1.59. The van der Waals surface area contributed by atoms with E-state index in [1.165, 1.54) is 11.3 Å². The number of aromatic amines is 1. The van der Waals surface area contributed by atoms with Crippen LogP contribution in [0.5, 0.6) is 0 Å². The van der Waals surface area contributed by atoms with Crippen LogP contribution < -0.4 is 21.1 Å². The fraction of sp³-hybridized carbons (Fsp3) is 0.450. The summed E-state index contributed by atoms with van der Waals surface area (Å²) in [4.78, 5) is 27.9. The number of thiazole rings is 1. The molecule has 0 aliphatic carbocycles. The number of nitrogens with zero attached hydrogens (tertiary/aromatic N) is 3. The van der Waals surface area contributed by atoms with E-state index in [-0.39, 0.29) is 11.6 Å². The normalized spacial score (nSPS) is 20.0. The molecule has 2 aliphatic rings. The number of benzene rings is 1. The lowest BCUT2D eigenvalue weighted by Crippen LogP contribution is -2.39. The Hall–Kier alpha value is -2.45. The van der Waals surface area contributed by atoms with Crippen molar-refractivity contribution in [1.82, 2.24) is 20.3 Å². The van der Waals surface area contributed by atoms with Gasteiger partial charge in [-0.15, -0.1) is 11.3 Å². The van der Waals surface area contributed by atoms with Gasteiger partial charge < -0.3 is 15.5 Å². The zero-order valence-corrected chi connectivity index (χ0v) is 16.5. The molecular formula is C20H24N6OS. The summed E-state index contributed by atoms with van der Waals surface area (Å²) < 4.78 is 1.07. The largest absolute Gasteiger partial charge is 0.365 e. The second kappa shape index (κ2) is 7.52. The maximum absolute atomic E-state index is 13.1. The van der Waals surface area contributed by atoms with Gasteiger partial charge >= 0.3 is 0 Å². The summed E-state index contributed by atoms with van der Waals surface area (Å²) in [6.45, 7) is 3.80. The highest BCUT2D eigenvalue weighted by molar-refractivity contribution is 7.21. The molecule has 2 fully saturated rings. The Bertz CT molecular complexity index is 1000. The molecule has 5 rings (SSSR count). The number of fused-ring (bicyclic) bond motifs is 1. The number of aromatic nitrogens is 3. The van der Waals surface area contributed by atoms with E-state index in [0.717, 1.165) is 62.1 Å². The smallest absolute Gasteiger partial charge is 0.264 e. The summed E-state index contributed by atoms with van der Waals surface area (Å²) in [6.07, 6.45) is 4.47. The highest BCUT2D eigenvalue weighted by Gasteiger charge is 2.23. The van der Waals surface area contributed by atoms with E-state index in [0.29, 0.717) is 22.3 Å². The van der Waals surface area contributed by atoms with Crippen LogP contribution in [-0.2, 0) is 0 Å². The fourth-order valence-electron chi connectivity index (χ4n) is 3.99. The summed E-state index contributed by atoms with van der Waals surface area (Å²) in [6, 6.07) is 8.25. The first-order valence-corrected chi connectivity index (χ1v) is 10.8. The molecule has 0 amide bonds. The lowest BCUT2D eigenvalue weighted by molar-refractivity contribution is 0.479. The van der Waals surface area contributed by atoms with Gasteiger partial charge in [0.05, 0.1) is 10.2 Å². The Morgan fingerprint density at radius 3 is 2.79 bits per heavy atom. The first kappa shape index (κ1) is 17.6.